The van der Waals surface area contributed by atoms with Crippen molar-refractivity contribution in [2.45, 2.75) is 38.1 Å². The molecule has 0 bridgehead atoms. The third kappa shape index (κ3) is 2.65. The fourth-order valence-corrected chi connectivity index (χ4v) is 2.61. The summed E-state index contributed by atoms with van der Waals surface area (Å²) in [4.78, 5) is 11.1. The normalized spacial score (nSPS) is 25.5. The van der Waals surface area contributed by atoms with Crippen LogP contribution >= 0.6 is 0 Å². The molecule has 0 radical (unpaired) electrons. The van der Waals surface area contributed by atoms with Crippen LogP contribution < -0.4 is 0 Å². The number of hydrogen-bond donors (Lipinski definition) is 0. The zero-order valence-electron chi connectivity index (χ0n) is 11.1. The SMILES string of the molecule is CC1(c2ccc(CC3CCC(=O)O3)cc2)OCCO1. The number of carbonyl (C=O) groups excluding carboxylic acids is 1. The first-order valence-corrected chi connectivity index (χ1v) is 6.72. The molecule has 102 valence electrons. The van der Waals surface area contributed by atoms with Crippen LogP contribution in [0.5, 0.6) is 0 Å². The summed E-state index contributed by atoms with van der Waals surface area (Å²) in [6.45, 7) is 3.21. The molecule has 0 aliphatic carbocycles. The van der Waals surface area contributed by atoms with E-state index < -0.39 is 5.79 Å². The molecule has 19 heavy (non-hydrogen) atoms. The van der Waals surface area contributed by atoms with Crippen LogP contribution in [0.2, 0.25) is 0 Å². The van der Waals surface area contributed by atoms with Crippen LogP contribution in [-0.2, 0) is 31.2 Å². The van der Waals surface area contributed by atoms with Crippen molar-refractivity contribution in [3.63, 3.8) is 0 Å². The van der Waals surface area contributed by atoms with Gasteiger partial charge in [0.15, 0.2) is 5.79 Å². The summed E-state index contributed by atoms with van der Waals surface area (Å²) in [6.07, 6.45) is 2.19. The second kappa shape index (κ2) is 4.94. The molecular weight excluding hydrogens is 244 g/mol. The van der Waals surface area contributed by atoms with Crippen molar-refractivity contribution < 1.29 is 19.0 Å². The number of esters is 1. The lowest BCUT2D eigenvalue weighted by Crippen LogP contribution is -2.22. The molecule has 3 rings (SSSR count). The summed E-state index contributed by atoms with van der Waals surface area (Å²) < 4.78 is 16.5. The maximum absolute atomic E-state index is 11.1. The van der Waals surface area contributed by atoms with Crippen molar-refractivity contribution in [2.75, 3.05) is 13.2 Å². The van der Waals surface area contributed by atoms with E-state index in [1.54, 1.807) is 0 Å². The molecule has 1 atom stereocenters. The Bertz CT molecular complexity index is 460. The number of ether oxygens (including phenoxy) is 3. The summed E-state index contributed by atoms with van der Waals surface area (Å²) in [5.41, 5.74) is 2.20. The van der Waals surface area contributed by atoms with Gasteiger partial charge in [-0.2, -0.15) is 0 Å². The van der Waals surface area contributed by atoms with Crippen LogP contribution in [0.15, 0.2) is 24.3 Å². The molecule has 1 aromatic carbocycles. The molecule has 1 aromatic rings. The Morgan fingerprint density at radius 1 is 1.21 bits per heavy atom. The van der Waals surface area contributed by atoms with E-state index in [0.29, 0.717) is 19.6 Å². The Balaban J connectivity index is 1.67. The lowest BCUT2D eigenvalue weighted by Gasteiger charge is -2.23. The Kier molecular flexibility index (Phi) is 3.29. The minimum absolute atomic E-state index is 0.0351. The molecule has 0 amide bonds. The average molecular weight is 262 g/mol. The number of cyclic esters (lactones) is 1. The Morgan fingerprint density at radius 2 is 1.89 bits per heavy atom. The van der Waals surface area contributed by atoms with Gasteiger partial charge in [0.1, 0.15) is 6.10 Å². The van der Waals surface area contributed by atoms with Crippen LogP contribution in [0, 0.1) is 0 Å². The highest BCUT2D eigenvalue weighted by atomic mass is 16.7. The Hall–Kier alpha value is -1.39. The van der Waals surface area contributed by atoms with Crippen molar-refractivity contribution >= 4 is 5.97 Å². The summed E-state index contributed by atoms with van der Waals surface area (Å²) in [5.74, 6) is -0.694. The van der Waals surface area contributed by atoms with Crippen LogP contribution in [0.25, 0.3) is 0 Å². The predicted octanol–water partition coefficient (Wildman–Crippen LogP) is 2.15. The maximum atomic E-state index is 11.1. The fourth-order valence-electron chi connectivity index (χ4n) is 2.61. The molecule has 4 nitrogen and oxygen atoms in total. The predicted molar refractivity (Wildman–Crippen MR) is 68.5 cm³/mol. The van der Waals surface area contributed by atoms with E-state index in [2.05, 4.69) is 12.1 Å². The van der Waals surface area contributed by atoms with Gasteiger partial charge < -0.3 is 14.2 Å². The van der Waals surface area contributed by atoms with Crippen LogP contribution in [0.4, 0.5) is 0 Å². The van der Waals surface area contributed by atoms with E-state index in [9.17, 15) is 4.79 Å². The number of carbonyl (C=O) groups is 1. The molecular formula is C15H18O4. The zero-order valence-corrected chi connectivity index (χ0v) is 11.1. The first-order chi connectivity index (χ1) is 9.16. The van der Waals surface area contributed by atoms with Crippen molar-refractivity contribution in [3.05, 3.63) is 35.4 Å². The van der Waals surface area contributed by atoms with E-state index in [4.69, 9.17) is 14.2 Å². The second-order valence-electron chi connectivity index (χ2n) is 5.19. The molecule has 0 N–H and O–H groups in total. The lowest BCUT2D eigenvalue weighted by molar-refractivity contribution is -0.149. The van der Waals surface area contributed by atoms with Crippen molar-refractivity contribution in [3.8, 4) is 0 Å². The Morgan fingerprint density at radius 3 is 2.47 bits per heavy atom. The summed E-state index contributed by atoms with van der Waals surface area (Å²) in [5, 5.41) is 0. The quantitative estimate of drug-likeness (QED) is 0.783. The topological polar surface area (TPSA) is 44.8 Å². The van der Waals surface area contributed by atoms with Crippen molar-refractivity contribution in [2.24, 2.45) is 0 Å². The molecule has 2 aliphatic rings. The van der Waals surface area contributed by atoms with Crippen LogP contribution in [0.1, 0.15) is 30.9 Å². The highest BCUT2D eigenvalue weighted by Gasteiger charge is 2.33. The molecule has 0 aromatic heterocycles. The van der Waals surface area contributed by atoms with E-state index in [1.807, 2.05) is 19.1 Å². The smallest absolute Gasteiger partial charge is 0.306 e. The van der Waals surface area contributed by atoms with Crippen LogP contribution in [0.3, 0.4) is 0 Å². The van der Waals surface area contributed by atoms with Gasteiger partial charge in [-0.05, 0) is 18.9 Å². The standard InChI is InChI=1S/C15H18O4/c1-15(17-8-9-18-15)12-4-2-11(3-5-12)10-13-6-7-14(16)19-13/h2-5,13H,6-10H2,1H3. The van der Waals surface area contributed by atoms with Gasteiger partial charge in [-0.25, -0.2) is 0 Å². The minimum atomic E-state index is -0.613. The summed E-state index contributed by atoms with van der Waals surface area (Å²) >= 11 is 0. The fraction of sp³-hybridized carbons (Fsp3) is 0.533. The maximum Gasteiger partial charge on any atom is 0.306 e. The van der Waals surface area contributed by atoms with Gasteiger partial charge in [0.25, 0.3) is 0 Å². The average Bonchev–Trinajstić information content (AvgIpc) is 3.00. The first kappa shape index (κ1) is 12.6. The summed E-state index contributed by atoms with van der Waals surface area (Å²) in [6, 6.07) is 8.16. The lowest BCUT2D eigenvalue weighted by atomic mass is 10.0. The molecule has 2 fully saturated rings. The third-order valence-corrected chi connectivity index (χ3v) is 3.75. The van der Waals surface area contributed by atoms with E-state index >= 15 is 0 Å². The van der Waals surface area contributed by atoms with E-state index in [-0.39, 0.29) is 12.1 Å². The number of benzene rings is 1. The van der Waals surface area contributed by atoms with Gasteiger partial charge in [-0.15, -0.1) is 0 Å². The summed E-state index contributed by atoms with van der Waals surface area (Å²) in [7, 11) is 0. The monoisotopic (exact) mass is 262 g/mol. The third-order valence-electron chi connectivity index (χ3n) is 3.75. The van der Waals surface area contributed by atoms with Crippen molar-refractivity contribution in [1.82, 2.24) is 0 Å². The number of rotatable bonds is 3. The molecule has 2 saturated heterocycles. The van der Waals surface area contributed by atoms with Crippen molar-refractivity contribution in [1.29, 1.82) is 0 Å². The van der Waals surface area contributed by atoms with Gasteiger partial charge in [-0.1, -0.05) is 24.3 Å². The molecule has 4 heteroatoms. The molecule has 0 spiro atoms. The van der Waals surface area contributed by atoms with Gasteiger partial charge in [0.2, 0.25) is 0 Å². The highest BCUT2D eigenvalue weighted by molar-refractivity contribution is 5.71. The first-order valence-electron chi connectivity index (χ1n) is 6.72. The number of hydrogen-bond acceptors (Lipinski definition) is 4. The van der Waals surface area contributed by atoms with Gasteiger partial charge in [0, 0.05) is 18.4 Å². The van der Waals surface area contributed by atoms with Gasteiger partial charge in [-0.3, -0.25) is 4.79 Å². The van der Waals surface area contributed by atoms with Gasteiger partial charge >= 0.3 is 5.97 Å². The zero-order chi connectivity index (χ0) is 13.3. The molecule has 0 saturated carbocycles. The minimum Gasteiger partial charge on any atom is -0.462 e. The van der Waals surface area contributed by atoms with E-state index in [0.717, 1.165) is 18.4 Å². The molecule has 2 heterocycles. The molecule has 1 unspecified atom stereocenters. The van der Waals surface area contributed by atoms with Gasteiger partial charge in [0.05, 0.1) is 13.2 Å². The highest BCUT2D eigenvalue weighted by Crippen LogP contribution is 2.31. The van der Waals surface area contributed by atoms with Crippen LogP contribution in [-0.4, -0.2) is 25.3 Å². The second-order valence-corrected chi connectivity index (χ2v) is 5.19. The Labute approximate surface area is 112 Å². The largest absolute Gasteiger partial charge is 0.462 e. The van der Waals surface area contributed by atoms with E-state index in [1.165, 1.54) is 5.56 Å². The molecule has 2 aliphatic heterocycles.